The summed E-state index contributed by atoms with van der Waals surface area (Å²) in [4.78, 5) is 2.58. The molecule has 0 amide bonds. The number of hydrogen-bond acceptors (Lipinski definition) is 2. The number of piperidine rings is 1. The summed E-state index contributed by atoms with van der Waals surface area (Å²) < 4.78 is 0. The largest absolute Gasteiger partial charge is 0.309 e. The number of nitrogens with one attached hydrogen (secondary N) is 1. The van der Waals surface area contributed by atoms with E-state index in [4.69, 9.17) is 11.6 Å². The molecule has 106 valence electrons. The topological polar surface area (TPSA) is 15.3 Å². The smallest absolute Gasteiger partial charge is 0.0408 e. The maximum absolute atomic E-state index is 5.98. The van der Waals surface area contributed by atoms with Crippen LogP contribution in [-0.2, 0) is 6.54 Å². The first-order chi connectivity index (χ1) is 9.15. The number of benzene rings is 1. The monoisotopic (exact) mass is 280 g/mol. The molecule has 0 radical (unpaired) electrons. The van der Waals surface area contributed by atoms with Crippen molar-refractivity contribution in [3.63, 3.8) is 0 Å². The van der Waals surface area contributed by atoms with Crippen LogP contribution in [0.3, 0.4) is 0 Å². The van der Waals surface area contributed by atoms with E-state index in [9.17, 15) is 0 Å². The van der Waals surface area contributed by atoms with Crippen LogP contribution in [0.25, 0.3) is 0 Å². The minimum atomic E-state index is 0.535. The molecule has 1 atom stereocenters. The van der Waals surface area contributed by atoms with Crippen LogP contribution in [0.4, 0.5) is 0 Å². The van der Waals surface area contributed by atoms with Crippen LogP contribution in [0.5, 0.6) is 0 Å². The van der Waals surface area contributed by atoms with E-state index in [1.807, 2.05) is 12.1 Å². The van der Waals surface area contributed by atoms with Gasteiger partial charge in [-0.05, 0) is 63.0 Å². The standard InChI is InChI=1S/C16H25ClN2/c1-13-10-16(17)7-6-15(13)11-18-14(2)12-19-8-4-3-5-9-19/h6-7,10,14,18H,3-5,8-9,11-12H2,1-2H3. The fourth-order valence-electron chi connectivity index (χ4n) is 2.74. The van der Waals surface area contributed by atoms with Gasteiger partial charge in [-0.25, -0.2) is 0 Å². The Morgan fingerprint density at radius 1 is 1.26 bits per heavy atom. The fraction of sp³-hybridized carbons (Fsp3) is 0.625. The summed E-state index contributed by atoms with van der Waals surface area (Å²) in [5.74, 6) is 0. The molecule has 1 heterocycles. The summed E-state index contributed by atoms with van der Waals surface area (Å²) in [6, 6.07) is 6.67. The summed E-state index contributed by atoms with van der Waals surface area (Å²) in [6.45, 7) is 9.03. The molecule has 19 heavy (non-hydrogen) atoms. The molecule has 1 fully saturated rings. The molecule has 1 unspecified atom stereocenters. The molecule has 1 aromatic rings. The minimum Gasteiger partial charge on any atom is -0.309 e. The van der Waals surface area contributed by atoms with Crippen molar-refractivity contribution in [3.8, 4) is 0 Å². The van der Waals surface area contributed by atoms with E-state index < -0.39 is 0 Å². The number of hydrogen-bond donors (Lipinski definition) is 1. The maximum Gasteiger partial charge on any atom is 0.0408 e. The van der Waals surface area contributed by atoms with E-state index in [2.05, 4.69) is 30.1 Å². The van der Waals surface area contributed by atoms with E-state index in [0.29, 0.717) is 6.04 Å². The highest BCUT2D eigenvalue weighted by Crippen LogP contribution is 2.15. The molecule has 3 heteroatoms. The van der Waals surface area contributed by atoms with E-state index in [1.165, 1.54) is 43.5 Å². The Morgan fingerprint density at radius 2 is 2.00 bits per heavy atom. The van der Waals surface area contributed by atoms with Crippen molar-refractivity contribution in [1.29, 1.82) is 0 Å². The highest BCUT2D eigenvalue weighted by atomic mass is 35.5. The van der Waals surface area contributed by atoms with Gasteiger partial charge in [-0.3, -0.25) is 0 Å². The molecule has 0 saturated carbocycles. The zero-order valence-electron chi connectivity index (χ0n) is 12.1. The first kappa shape index (κ1) is 14.8. The lowest BCUT2D eigenvalue weighted by Gasteiger charge is -2.29. The lowest BCUT2D eigenvalue weighted by atomic mass is 10.1. The maximum atomic E-state index is 5.98. The number of halogens is 1. The Morgan fingerprint density at radius 3 is 2.68 bits per heavy atom. The van der Waals surface area contributed by atoms with Crippen LogP contribution in [0.15, 0.2) is 18.2 Å². The Bertz CT molecular complexity index is 400. The molecular weight excluding hydrogens is 256 g/mol. The van der Waals surface area contributed by atoms with Crippen LogP contribution in [-0.4, -0.2) is 30.6 Å². The summed E-state index contributed by atoms with van der Waals surface area (Å²) in [5, 5.41) is 4.44. The van der Waals surface area contributed by atoms with Gasteiger partial charge in [-0.1, -0.05) is 24.1 Å². The molecule has 0 aliphatic carbocycles. The molecule has 1 aliphatic rings. The van der Waals surface area contributed by atoms with Crippen molar-refractivity contribution in [2.24, 2.45) is 0 Å². The lowest BCUT2D eigenvalue weighted by Crippen LogP contribution is -2.41. The number of likely N-dealkylation sites (tertiary alicyclic amines) is 1. The van der Waals surface area contributed by atoms with Crippen molar-refractivity contribution in [2.75, 3.05) is 19.6 Å². The quantitative estimate of drug-likeness (QED) is 0.886. The van der Waals surface area contributed by atoms with Gasteiger partial charge in [0.05, 0.1) is 0 Å². The van der Waals surface area contributed by atoms with Gasteiger partial charge in [0.25, 0.3) is 0 Å². The lowest BCUT2D eigenvalue weighted by molar-refractivity contribution is 0.209. The number of rotatable bonds is 5. The van der Waals surface area contributed by atoms with E-state index in [0.717, 1.165) is 18.1 Å². The van der Waals surface area contributed by atoms with Crippen LogP contribution < -0.4 is 5.32 Å². The van der Waals surface area contributed by atoms with Crippen LogP contribution >= 0.6 is 11.6 Å². The summed E-state index contributed by atoms with van der Waals surface area (Å²) >= 11 is 5.98. The Labute approximate surface area is 122 Å². The van der Waals surface area contributed by atoms with Crippen LogP contribution in [0.1, 0.15) is 37.3 Å². The van der Waals surface area contributed by atoms with Crippen molar-refractivity contribution < 1.29 is 0 Å². The summed E-state index contributed by atoms with van der Waals surface area (Å²) in [5.41, 5.74) is 2.61. The second-order valence-electron chi connectivity index (χ2n) is 5.71. The molecule has 2 rings (SSSR count). The van der Waals surface area contributed by atoms with Gasteiger partial charge in [0.15, 0.2) is 0 Å². The van der Waals surface area contributed by atoms with Crippen LogP contribution in [0.2, 0.25) is 5.02 Å². The van der Waals surface area contributed by atoms with Gasteiger partial charge in [-0.2, -0.15) is 0 Å². The third-order valence-electron chi connectivity index (χ3n) is 3.93. The van der Waals surface area contributed by atoms with Crippen LogP contribution in [0, 0.1) is 6.92 Å². The second-order valence-corrected chi connectivity index (χ2v) is 6.15. The zero-order valence-corrected chi connectivity index (χ0v) is 12.8. The zero-order chi connectivity index (χ0) is 13.7. The highest BCUT2D eigenvalue weighted by Gasteiger charge is 2.13. The Hall–Kier alpha value is -0.570. The van der Waals surface area contributed by atoms with Crippen molar-refractivity contribution in [2.45, 2.75) is 45.7 Å². The van der Waals surface area contributed by atoms with Crippen molar-refractivity contribution in [3.05, 3.63) is 34.3 Å². The second kappa shape index (κ2) is 7.28. The normalized spacial score (nSPS) is 18.5. The molecular formula is C16H25ClN2. The molecule has 1 N–H and O–H groups in total. The van der Waals surface area contributed by atoms with E-state index >= 15 is 0 Å². The highest BCUT2D eigenvalue weighted by molar-refractivity contribution is 6.30. The SMILES string of the molecule is Cc1cc(Cl)ccc1CNC(C)CN1CCCCC1. The fourth-order valence-corrected chi connectivity index (χ4v) is 2.96. The third-order valence-corrected chi connectivity index (χ3v) is 4.16. The third kappa shape index (κ3) is 4.79. The Balaban J connectivity index is 1.77. The molecule has 1 saturated heterocycles. The van der Waals surface area contributed by atoms with Gasteiger partial charge in [0, 0.05) is 24.2 Å². The average molecular weight is 281 g/mol. The van der Waals surface area contributed by atoms with Gasteiger partial charge in [0.1, 0.15) is 0 Å². The summed E-state index contributed by atoms with van der Waals surface area (Å²) in [7, 11) is 0. The molecule has 0 spiro atoms. The van der Waals surface area contributed by atoms with Gasteiger partial charge >= 0.3 is 0 Å². The van der Waals surface area contributed by atoms with E-state index in [1.54, 1.807) is 0 Å². The Kier molecular flexibility index (Phi) is 5.68. The first-order valence-corrected chi connectivity index (χ1v) is 7.74. The summed E-state index contributed by atoms with van der Waals surface area (Å²) in [6.07, 6.45) is 4.13. The number of nitrogens with zero attached hydrogens (tertiary/aromatic N) is 1. The molecule has 1 aliphatic heterocycles. The first-order valence-electron chi connectivity index (χ1n) is 7.36. The predicted molar refractivity (Wildman–Crippen MR) is 82.8 cm³/mol. The molecule has 0 bridgehead atoms. The van der Waals surface area contributed by atoms with E-state index in [-0.39, 0.29) is 0 Å². The number of aryl methyl sites for hydroxylation is 1. The van der Waals surface area contributed by atoms with Gasteiger partial charge in [-0.15, -0.1) is 0 Å². The predicted octanol–water partition coefficient (Wildman–Crippen LogP) is 3.61. The molecule has 2 nitrogen and oxygen atoms in total. The average Bonchev–Trinajstić information content (AvgIpc) is 2.39. The van der Waals surface area contributed by atoms with Gasteiger partial charge < -0.3 is 10.2 Å². The van der Waals surface area contributed by atoms with Gasteiger partial charge in [0.2, 0.25) is 0 Å². The van der Waals surface area contributed by atoms with Crippen molar-refractivity contribution in [1.82, 2.24) is 10.2 Å². The van der Waals surface area contributed by atoms with Crippen molar-refractivity contribution >= 4 is 11.6 Å². The molecule has 0 aromatic heterocycles. The molecule has 1 aromatic carbocycles. The minimum absolute atomic E-state index is 0.535.